The Morgan fingerprint density at radius 1 is 1.33 bits per heavy atom. The standard InChI is InChI=1S/C19H29NO/c1-3-5-7-10-16-11-8-14-19(20-16)15-9-13-18(21)17(19)12-6-4-2/h1,4,6,12,16-18,20-21H,2,5,7-11,13-15H2/b12-6+/t16-,17-,18+,19-/m1/s1. The zero-order chi connectivity index (χ0) is 15.1. The van der Waals surface area contributed by atoms with Crippen molar-refractivity contribution >= 4 is 0 Å². The van der Waals surface area contributed by atoms with Gasteiger partial charge in [-0.1, -0.05) is 31.2 Å². The van der Waals surface area contributed by atoms with E-state index in [4.69, 9.17) is 6.42 Å². The maximum Gasteiger partial charge on any atom is 0.0620 e. The first-order chi connectivity index (χ1) is 10.2. The first-order valence-corrected chi connectivity index (χ1v) is 8.40. The van der Waals surface area contributed by atoms with E-state index in [2.05, 4.69) is 23.9 Å². The van der Waals surface area contributed by atoms with E-state index in [1.807, 2.05) is 12.2 Å². The van der Waals surface area contributed by atoms with Crippen molar-refractivity contribution in [3.05, 3.63) is 24.8 Å². The number of piperidine rings is 1. The van der Waals surface area contributed by atoms with Gasteiger partial charge in [0.05, 0.1) is 6.10 Å². The summed E-state index contributed by atoms with van der Waals surface area (Å²) in [5.74, 6) is 2.94. The highest BCUT2D eigenvalue weighted by Crippen LogP contribution is 2.42. The number of terminal acetylenes is 1. The van der Waals surface area contributed by atoms with Crippen LogP contribution in [-0.4, -0.2) is 22.8 Å². The topological polar surface area (TPSA) is 32.3 Å². The highest BCUT2D eigenvalue weighted by molar-refractivity contribution is 5.14. The summed E-state index contributed by atoms with van der Waals surface area (Å²) in [4.78, 5) is 0. The molecule has 2 aliphatic rings. The molecular formula is C19H29NO. The summed E-state index contributed by atoms with van der Waals surface area (Å²) in [7, 11) is 0. The zero-order valence-electron chi connectivity index (χ0n) is 13.1. The minimum atomic E-state index is -0.230. The summed E-state index contributed by atoms with van der Waals surface area (Å²) in [5.41, 5.74) is 0.0796. The van der Waals surface area contributed by atoms with E-state index in [1.54, 1.807) is 0 Å². The monoisotopic (exact) mass is 287 g/mol. The van der Waals surface area contributed by atoms with Gasteiger partial charge in [-0.2, -0.15) is 0 Å². The van der Waals surface area contributed by atoms with E-state index >= 15 is 0 Å². The molecule has 0 radical (unpaired) electrons. The summed E-state index contributed by atoms with van der Waals surface area (Å²) >= 11 is 0. The summed E-state index contributed by atoms with van der Waals surface area (Å²) in [6.45, 7) is 3.76. The van der Waals surface area contributed by atoms with Crippen LogP contribution in [0.3, 0.4) is 0 Å². The summed E-state index contributed by atoms with van der Waals surface area (Å²) in [6, 6.07) is 0.553. The van der Waals surface area contributed by atoms with Crippen LogP contribution in [0.5, 0.6) is 0 Å². The van der Waals surface area contributed by atoms with Gasteiger partial charge in [0, 0.05) is 23.9 Å². The smallest absolute Gasteiger partial charge is 0.0620 e. The SMILES string of the molecule is C#CCCC[C@@H]1CCC[C@]2(CCC[C@H](O)[C@H]2/C=C/C=C)N1. The van der Waals surface area contributed by atoms with Crippen LogP contribution in [0.4, 0.5) is 0 Å². The molecule has 0 aromatic rings. The number of hydrogen-bond donors (Lipinski definition) is 2. The molecule has 2 rings (SSSR count). The predicted molar refractivity (Wildman–Crippen MR) is 88.9 cm³/mol. The fourth-order valence-electron chi connectivity index (χ4n) is 4.19. The Bertz CT molecular complexity index is 404. The van der Waals surface area contributed by atoms with Crippen LogP contribution in [0, 0.1) is 18.3 Å². The molecule has 0 aromatic carbocycles. The minimum absolute atomic E-state index is 0.0796. The molecule has 116 valence electrons. The Hall–Kier alpha value is -1.04. The average molecular weight is 287 g/mol. The van der Waals surface area contributed by atoms with Crippen LogP contribution < -0.4 is 5.32 Å². The van der Waals surface area contributed by atoms with Crippen LogP contribution in [0.2, 0.25) is 0 Å². The Kier molecular flexibility index (Phi) is 6.08. The van der Waals surface area contributed by atoms with Crippen LogP contribution in [0.15, 0.2) is 24.8 Å². The van der Waals surface area contributed by atoms with Gasteiger partial charge in [-0.3, -0.25) is 0 Å². The van der Waals surface area contributed by atoms with Gasteiger partial charge >= 0.3 is 0 Å². The molecule has 0 aromatic heterocycles. The van der Waals surface area contributed by atoms with Crippen molar-refractivity contribution in [2.75, 3.05) is 0 Å². The zero-order valence-corrected chi connectivity index (χ0v) is 13.1. The highest BCUT2D eigenvalue weighted by atomic mass is 16.3. The molecule has 2 N–H and O–H groups in total. The molecule has 0 amide bonds. The maximum atomic E-state index is 10.5. The van der Waals surface area contributed by atoms with E-state index in [9.17, 15) is 5.11 Å². The third-order valence-corrected chi connectivity index (χ3v) is 5.17. The molecule has 2 fully saturated rings. The molecule has 1 saturated carbocycles. The second kappa shape index (κ2) is 7.82. The number of unbranched alkanes of at least 4 members (excludes halogenated alkanes) is 1. The molecule has 1 aliphatic heterocycles. The van der Waals surface area contributed by atoms with E-state index in [-0.39, 0.29) is 17.6 Å². The number of aliphatic hydroxyl groups is 1. The van der Waals surface area contributed by atoms with E-state index in [1.165, 1.54) is 25.7 Å². The Morgan fingerprint density at radius 2 is 2.10 bits per heavy atom. The normalized spacial score (nSPS) is 36.7. The predicted octanol–water partition coefficient (Wildman–Crippen LogP) is 3.57. The fraction of sp³-hybridized carbons (Fsp3) is 0.684. The molecule has 4 atom stereocenters. The molecule has 1 heterocycles. The second-order valence-corrected chi connectivity index (χ2v) is 6.59. The maximum absolute atomic E-state index is 10.5. The van der Waals surface area contributed by atoms with Gasteiger partial charge in [-0.25, -0.2) is 0 Å². The van der Waals surface area contributed by atoms with Crippen molar-refractivity contribution < 1.29 is 5.11 Å². The molecule has 2 nitrogen and oxygen atoms in total. The minimum Gasteiger partial charge on any atom is -0.392 e. The third-order valence-electron chi connectivity index (χ3n) is 5.17. The van der Waals surface area contributed by atoms with Crippen molar-refractivity contribution in [1.82, 2.24) is 5.32 Å². The quantitative estimate of drug-likeness (QED) is 0.460. The van der Waals surface area contributed by atoms with Crippen LogP contribution >= 0.6 is 0 Å². The lowest BCUT2D eigenvalue weighted by molar-refractivity contribution is 0.00276. The van der Waals surface area contributed by atoms with Gasteiger partial charge in [-0.05, 0) is 44.9 Å². The number of allylic oxidation sites excluding steroid dienone is 2. The van der Waals surface area contributed by atoms with E-state index in [0.717, 1.165) is 32.1 Å². The van der Waals surface area contributed by atoms with Crippen LogP contribution in [0.25, 0.3) is 0 Å². The number of nitrogens with one attached hydrogen (secondary N) is 1. The van der Waals surface area contributed by atoms with Gasteiger partial charge in [0.2, 0.25) is 0 Å². The lowest BCUT2D eigenvalue weighted by atomic mass is 9.66. The summed E-state index contributed by atoms with van der Waals surface area (Å²) < 4.78 is 0. The molecule has 1 aliphatic carbocycles. The number of hydrogen-bond acceptors (Lipinski definition) is 2. The van der Waals surface area contributed by atoms with E-state index < -0.39 is 0 Å². The lowest BCUT2D eigenvalue weighted by Crippen LogP contribution is -2.61. The molecule has 1 saturated heterocycles. The van der Waals surface area contributed by atoms with Gasteiger partial charge in [0.25, 0.3) is 0 Å². The van der Waals surface area contributed by atoms with Crippen LogP contribution in [0.1, 0.15) is 57.8 Å². The second-order valence-electron chi connectivity index (χ2n) is 6.59. The third kappa shape index (κ3) is 3.99. The van der Waals surface area contributed by atoms with Crippen molar-refractivity contribution in [1.29, 1.82) is 0 Å². The Labute approximate surface area is 129 Å². The highest BCUT2D eigenvalue weighted by Gasteiger charge is 2.45. The fourth-order valence-corrected chi connectivity index (χ4v) is 4.19. The van der Waals surface area contributed by atoms with Crippen LogP contribution in [-0.2, 0) is 0 Å². The first kappa shape index (κ1) is 16.3. The Morgan fingerprint density at radius 3 is 2.81 bits per heavy atom. The number of aliphatic hydroxyl groups excluding tert-OH is 1. The first-order valence-electron chi connectivity index (χ1n) is 8.40. The van der Waals surface area contributed by atoms with Gasteiger partial charge in [0.1, 0.15) is 0 Å². The van der Waals surface area contributed by atoms with E-state index in [0.29, 0.717) is 6.04 Å². The molecular weight excluding hydrogens is 258 g/mol. The average Bonchev–Trinajstić information content (AvgIpc) is 2.47. The lowest BCUT2D eigenvalue weighted by Gasteiger charge is -2.51. The molecule has 2 heteroatoms. The van der Waals surface area contributed by atoms with Crippen molar-refractivity contribution in [2.45, 2.75) is 75.5 Å². The molecule has 1 spiro atoms. The van der Waals surface area contributed by atoms with Crippen molar-refractivity contribution in [3.8, 4) is 12.3 Å². The molecule has 0 bridgehead atoms. The largest absolute Gasteiger partial charge is 0.392 e. The summed E-state index contributed by atoms with van der Waals surface area (Å²) in [6.07, 6.45) is 21.1. The van der Waals surface area contributed by atoms with Crippen molar-refractivity contribution in [3.63, 3.8) is 0 Å². The van der Waals surface area contributed by atoms with Gasteiger partial charge in [-0.15, -0.1) is 12.3 Å². The van der Waals surface area contributed by atoms with Gasteiger partial charge in [0.15, 0.2) is 0 Å². The molecule has 21 heavy (non-hydrogen) atoms. The summed E-state index contributed by atoms with van der Waals surface area (Å²) in [5, 5.41) is 14.4. The number of rotatable bonds is 5. The Balaban J connectivity index is 2.07. The van der Waals surface area contributed by atoms with Crippen molar-refractivity contribution in [2.24, 2.45) is 5.92 Å². The molecule has 0 unspecified atom stereocenters. The van der Waals surface area contributed by atoms with Gasteiger partial charge < -0.3 is 10.4 Å².